The molecule has 1 fully saturated rings. The zero-order chi connectivity index (χ0) is 15.7. The van der Waals surface area contributed by atoms with Crippen LogP contribution >= 0.6 is 0 Å². The van der Waals surface area contributed by atoms with E-state index in [0.717, 1.165) is 44.3 Å². The average Bonchev–Trinajstić information content (AvgIpc) is 3.21. The third kappa shape index (κ3) is 5.05. The lowest BCUT2D eigenvalue weighted by Crippen LogP contribution is -2.43. The minimum Gasteiger partial charge on any atom is -0.469 e. The highest BCUT2D eigenvalue weighted by Gasteiger charge is 2.33. The quantitative estimate of drug-likeness (QED) is 0.572. The molecule has 0 unspecified atom stereocenters. The topological polar surface area (TPSA) is 58.8 Å². The second kappa shape index (κ2) is 8.83. The third-order valence-electron chi connectivity index (χ3n) is 4.60. The number of ether oxygens (including phenoxy) is 1. The molecule has 1 aromatic rings. The van der Waals surface area contributed by atoms with E-state index in [9.17, 15) is 0 Å². The molecule has 124 valence electrons. The first-order chi connectivity index (χ1) is 10.8. The van der Waals surface area contributed by atoms with Gasteiger partial charge in [-0.15, -0.1) is 0 Å². The van der Waals surface area contributed by atoms with Gasteiger partial charge in [0.1, 0.15) is 5.76 Å². The second-order valence-electron chi connectivity index (χ2n) is 6.13. The molecule has 0 spiro atoms. The van der Waals surface area contributed by atoms with Gasteiger partial charge < -0.3 is 19.8 Å². The van der Waals surface area contributed by atoms with E-state index in [1.807, 2.05) is 19.2 Å². The van der Waals surface area contributed by atoms with Crippen LogP contribution in [0.3, 0.4) is 0 Å². The summed E-state index contributed by atoms with van der Waals surface area (Å²) in [4.78, 5) is 4.31. The van der Waals surface area contributed by atoms with E-state index < -0.39 is 0 Å². The van der Waals surface area contributed by atoms with Crippen molar-refractivity contribution < 1.29 is 9.15 Å². The Balaban J connectivity index is 1.74. The summed E-state index contributed by atoms with van der Waals surface area (Å²) in [5.74, 6) is 1.87. The maximum absolute atomic E-state index is 5.34. The van der Waals surface area contributed by atoms with Crippen LogP contribution in [0.25, 0.3) is 0 Å². The standard InChI is InChI=1S/C17H29N3O2/c1-18-16(19-11-7-15-6-5-12-22-15)20-14-17(10-13-21-2)8-3-4-9-17/h5-6,12H,3-4,7-11,13-14H2,1-2H3,(H2,18,19,20). The van der Waals surface area contributed by atoms with Crippen LogP contribution < -0.4 is 10.6 Å². The minimum absolute atomic E-state index is 0.370. The molecule has 0 atom stereocenters. The molecule has 22 heavy (non-hydrogen) atoms. The van der Waals surface area contributed by atoms with Crippen LogP contribution in [0.1, 0.15) is 37.9 Å². The fraction of sp³-hybridized carbons (Fsp3) is 0.706. The Kier molecular flexibility index (Phi) is 6.77. The Labute approximate surface area is 133 Å². The fourth-order valence-corrected chi connectivity index (χ4v) is 3.21. The predicted molar refractivity (Wildman–Crippen MR) is 89.2 cm³/mol. The first-order valence-corrected chi connectivity index (χ1v) is 8.24. The highest BCUT2D eigenvalue weighted by Crippen LogP contribution is 2.40. The summed E-state index contributed by atoms with van der Waals surface area (Å²) in [5.41, 5.74) is 0.370. The minimum atomic E-state index is 0.370. The molecule has 0 aliphatic heterocycles. The van der Waals surface area contributed by atoms with Crippen molar-refractivity contribution in [3.05, 3.63) is 24.2 Å². The lowest BCUT2D eigenvalue weighted by Gasteiger charge is -2.29. The van der Waals surface area contributed by atoms with Crippen LogP contribution in [-0.4, -0.2) is 39.8 Å². The van der Waals surface area contributed by atoms with Crippen molar-refractivity contribution in [1.29, 1.82) is 0 Å². The summed E-state index contributed by atoms with van der Waals surface area (Å²) in [6.07, 6.45) is 8.93. The Morgan fingerprint density at radius 1 is 1.36 bits per heavy atom. The normalized spacial score (nSPS) is 17.6. The van der Waals surface area contributed by atoms with Gasteiger partial charge in [0.2, 0.25) is 0 Å². The first kappa shape index (κ1) is 16.9. The number of methoxy groups -OCH3 is 1. The lowest BCUT2D eigenvalue weighted by molar-refractivity contribution is 0.138. The number of hydrogen-bond acceptors (Lipinski definition) is 3. The number of furan rings is 1. The Bertz CT molecular complexity index is 437. The van der Waals surface area contributed by atoms with Crippen LogP contribution in [0, 0.1) is 5.41 Å². The molecule has 0 radical (unpaired) electrons. The molecule has 1 saturated carbocycles. The smallest absolute Gasteiger partial charge is 0.191 e. The lowest BCUT2D eigenvalue weighted by atomic mass is 9.83. The SMILES string of the molecule is CN=C(NCCc1ccco1)NCC1(CCOC)CCCC1. The molecule has 5 nitrogen and oxygen atoms in total. The van der Waals surface area contributed by atoms with Gasteiger partial charge in [-0.05, 0) is 36.8 Å². The molecule has 1 aromatic heterocycles. The number of hydrogen-bond donors (Lipinski definition) is 2. The van der Waals surface area contributed by atoms with Crippen molar-refractivity contribution in [1.82, 2.24) is 10.6 Å². The third-order valence-corrected chi connectivity index (χ3v) is 4.60. The molecular formula is C17H29N3O2. The summed E-state index contributed by atoms with van der Waals surface area (Å²) in [5, 5.41) is 6.85. The van der Waals surface area contributed by atoms with Crippen LogP contribution in [0.2, 0.25) is 0 Å². The van der Waals surface area contributed by atoms with Crippen LogP contribution in [0.15, 0.2) is 27.8 Å². The van der Waals surface area contributed by atoms with Crippen molar-refractivity contribution in [2.24, 2.45) is 10.4 Å². The van der Waals surface area contributed by atoms with E-state index in [1.54, 1.807) is 13.4 Å². The van der Waals surface area contributed by atoms with Crippen LogP contribution in [0.4, 0.5) is 0 Å². The highest BCUT2D eigenvalue weighted by atomic mass is 16.5. The van der Waals surface area contributed by atoms with E-state index in [2.05, 4.69) is 15.6 Å². The maximum atomic E-state index is 5.34. The molecule has 0 bridgehead atoms. The van der Waals surface area contributed by atoms with Crippen LogP contribution in [0.5, 0.6) is 0 Å². The Hall–Kier alpha value is -1.49. The molecule has 1 aliphatic rings. The van der Waals surface area contributed by atoms with Gasteiger partial charge in [-0.1, -0.05) is 12.8 Å². The molecule has 1 aliphatic carbocycles. The molecule has 0 saturated heterocycles. The second-order valence-corrected chi connectivity index (χ2v) is 6.13. The van der Waals surface area contributed by atoms with Gasteiger partial charge in [0.05, 0.1) is 6.26 Å². The number of nitrogens with zero attached hydrogens (tertiary/aromatic N) is 1. The summed E-state index contributed by atoms with van der Waals surface area (Å²) in [6, 6.07) is 3.91. The van der Waals surface area contributed by atoms with E-state index in [-0.39, 0.29) is 0 Å². The number of rotatable bonds is 8. The monoisotopic (exact) mass is 307 g/mol. The molecule has 2 N–H and O–H groups in total. The maximum Gasteiger partial charge on any atom is 0.191 e. The zero-order valence-electron chi connectivity index (χ0n) is 13.9. The summed E-state index contributed by atoms with van der Waals surface area (Å²) < 4.78 is 10.6. The largest absolute Gasteiger partial charge is 0.469 e. The summed E-state index contributed by atoms with van der Waals surface area (Å²) >= 11 is 0. The van der Waals surface area contributed by atoms with Crippen molar-refractivity contribution in [2.45, 2.75) is 38.5 Å². The Morgan fingerprint density at radius 3 is 2.82 bits per heavy atom. The molecular weight excluding hydrogens is 278 g/mol. The average molecular weight is 307 g/mol. The zero-order valence-corrected chi connectivity index (χ0v) is 13.9. The van der Waals surface area contributed by atoms with E-state index >= 15 is 0 Å². The number of nitrogens with one attached hydrogen (secondary N) is 2. The molecule has 0 amide bonds. The summed E-state index contributed by atoms with van der Waals surface area (Å²) in [6.45, 7) is 2.63. The van der Waals surface area contributed by atoms with E-state index in [1.165, 1.54) is 25.7 Å². The van der Waals surface area contributed by atoms with Gasteiger partial charge in [-0.3, -0.25) is 4.99 Å². The van der Waals surface area contributed by atoms with Gasteiger partial charge in [0, 0.05) is 40.3 Å². The van der Waals surface area contributed by atoms with Crippen molar-refractivity contribution in [3.63, 3.8) is 0 Å². The highest BCUT2D eigenvalue weighted by molar-refractivity contribution is 5.79. The summed E-state index contributed by atoms with van der Waals surface area (Å²) in [7, 11) is 3.60. The predicted octanol–water partition coefficient (Wildman–Crippen LogP) is 2.58. The number of guanidine groups is 1. The van der Waals surface area contributed by atoms with Gasteiger partial charge >= 0.3 is 0 Å². The van der Waals surface area contributed by atoms with Crippen molar-refractivity contribution in [2.75, 3.05) is 33.9 Å². The van der Waals surface area contributed by atoms with Gasteiger partial charge in [0.25, 0.3) is 0 Å². The van der Waals surface area contributed by atoms with E-state index in [4.69, 9.17) is 9.15 Å². The van der Waals surface area contributed by atoms with Gasteiger partial charge in [0.15, 0.2) is 5.96 Å². The Morgan fingerprint density at radius 2 is 2.18 bits per heavy atom. The van der Waals surface area contributed by atoms with Crippen molar-refractivity contribution in [3.8, 4) is 0 Å². The molecule has 1 heterocycles. The van der Waals surface area contributed by atoms with Crippen molar-refractivity contribution >= 4 is 5.96 Å². The van der Waals surface area contributed by atoms with Crippen LogP contribution in [-0.2, 0) is 11.2 Å². The fourth-order valence-electron chi connectivity index (χ4n) is 3.21. The molecule has 2 rings (SSSR count). The first-order valence-electron chi connectivity index (χ1n) is 8.24. The van der Waals surface area contributed by atoms with Gasteiger partial charge in [-0.25, -0.2) is 0 Å². The molecule has 0 aromatic carbocycles. The van der Waals surface area contributed by atoms with Gasteiger partial charge in [-0.2, -0.15) is 0 Å². The van der Waals surface area contributed by atoms with E-state index in [0.29, 0.717) is 5.41 Å². The number of aliphatic imine (C=N–C) groups is 1. The molecule has 5 heteroatoms.